The lowest BCUT2D eigenvalue weighted by molar-refractivity contribution is -0.120. The molecule has 0 radical (unpaired) electrons. The highest BCUT2D eigenvalue weighted by atomic mass is 32.1. The van der Waals surface area contributed by atoms with Crippen LogP contribution in [-0.2, 0) is 17.6 Å². The zero-order valence-electron chi connectivity index (χ0n) is 18.0. The second-order valence-corrected chi connectivity index (χ2v) is 9.50. The standard InChI is InChI=1S/C23H25N5O3S/c1-2-14-5-6-16-19(12-14)32-23(26-16)27-20(29)15-7-9-28(10-8-15)22-17(13-24)25-21(31-22)18-4-3-11-30-18/h3-4,11,14-15H,2,5-10,12H2,1H3,(H,26,27,29). The minimum absolute atomic E-state index is 0.0251. The second-order valence-electron chi connectivity index (χ2n) is 8.42. The first-order valence-electron chi connectivity index (χ1n) is 11.1. The van der Waals surface area contributed by atoms with Crippen LogP contribution < -0.4 is 10.2 Å². The number of nitrogens with zero attached hydrogens (tertiary/aromatic N) is 4. The Labute approximate surface area is 190 Å². The molecule has 1 aliphatic heterocycles. The van der Waals surface area contributed by atoms with E-state index in [0.717, 1.165) is 29.6 Å². The summed E-state index contributed by atoms with van der Waals surface area (Å²) in [4.78, 5) is 25.1. The third-order valence-electron chi connectivity index (χ3n) is 6.45. The summed E-state index contributed by atoms with van der Waals surface area (Å²) in [6.07, 6.45) is 7.36. The smallest absolute Gasteiger partial charge is 0.266 e. The Balaban J connectivity index is 1.21. The van der Waals surface area contributed by atoms with Gasteiger partial charge in [-0.15, -0.1) is 11.3 Å². The number of anilines is 2. The zero-order chi connectivity index (χ0) is 22.1. The highest BCUT2D eigenvalue weighted by molar-refractivity contribution is 7.15. The first-order chi connectivity index (χ1) is 15.6. The van der Waals surface area contributed by atoms with Gasteiger partial charge in [0.2, 0.25) is 17.5 Å². The number of oxazole rings is 1. The summed E-state index contributed by atoms with van der Waals surface area (Å²) >= 11 is 1.63. The number of aryl methyl sites for hydroxylation is 1. The molecule has 5 rings (SSSR count). The largest absolute Gasteiger partial charge is 0.459 e. The van der Waals surface area contributed by atoms with Crippen LogP contribution in [0, 0.1) is 23.2 Å². The molecular weight excluding hydrogens is 426 g/mol. The summed E-state index contributed by atoms with van der Waals surface area (Å²) in [5, 5.41) is 13.2. The van der Waals surface area contributed by atoms with Crippen molar-refractivity contribution in [1.29, 1.82) is 5.26 Å². The SMILES string of the molecule is CCC1CCc2nc(NC(=O)C3CCN(c4oc(-c5ccco5)nc4C#N)CC3)sc2C1. The van der Waals surface area contributed by atoms with Crippen LogP contribution in [0.15, 0.2) is 27.2 Å². The highest BCUT2D eigenvalue weighted by Crippen LogP contribution is 2.35. The van der Waals surface area contributed by atoms with Gasteiger partial charge in [0.15, 0.2) is 10.9 Å². The van der Waals surface area contributed by atoms with Crippen LogP contribution in [0.1, 0.15) is 48.9 Å². The minimum Gasteiger partial charge on any atom is -0.459 e. The number of carbonyl (C=O) groups excluding carboxylic acids is 1. The topological polar surface area (TPSA) is 108 Å². The Kier molecular flexibility index (Phi) is 5.70. The monoisotopic (exact) mass is 451 g/mol. The van der Waals surface area contributed by atoms with Crippen molar-refractivity contribution in [3.63, 3.8) is 0 Å². The maximum atomic E-state index is 12.9. The summed E-state index contributed by atoms with van der Waals surface area (Å²) < 4.78 is 11.2. The van der Waals surface area contributed by atoms with Crippen LogP contribution in [-0.4, -0.2) is 29.0 Å². The molecule has 1 saturated heterocycles. The van der Waals surface area contributed by atoms with Crippen LogP contribution >= 0.6 is 11.3 Å². The van der Waals surface area contributed by atoms with Gasteiger partial charge in [0, 0.05) is 23.9 Å². The first kappa shape index (κ1) is 20.8. The molecule has 3 aromatic rings. The van der Waals surface area contributed by atoms with E-state index in [1.807, 2.05) is 4.90 Å². The van der Waals surface area contributed by atoms with Crippen LogP contribution in [0.3, 0.4) is 0 Å². The van der Waals surface area contributed by atoms with Crippen molar-refractivity contribution in [3.8, 4) is 17.7 Å². The number of nitrogens with one attached hydrogen (secondary N) is 1. The van der Waals surface area contributed by atoms with Crippen molar-refractivity contribution in [2.24, 2.45) is 11.8 Å². The molecule has 1 atom stereocenters. The van der Waals surface area contributed by atoms with Gasteiger partial charge in [-0.3, -0.25) is 4.79 Å². The molecule has 1 amide bonds. The van der Waals surface area contributed by atoms with E-state index < -0.39 is 0 Å². The normalized spacial score (nSPS) is 18.9. The van der Waals surface area contributed by atoms with E-state index in [2.05, 4.69) is 28.3 Å². The molecule has 1 aliphatic carbocycles. The van der Waals surface area contributed by atoms with Gasteiger partial charge >= 0.3 is 0 Å². The maximum absolute atomic E-state index is 12.9. The van der Waals surface area contributed by atoms with Crippen LogP contribution in [0.5, 0.6) is 0 Å². The van der Waals surface area contributed by atoms with Gasteiger partial charge < -0.3 is 19.1 Å². The predicted octanol–water partition coefficient (Wildman–Crippen LogP) is 4.63. The molecular formula is C23H25N5O3S. The molecule has 1 N–H and O–H groups in total. The van der Waals surface area contributed by atoms with Gasteiger partial charge in [0.05, 0.1) is 12.0 Å². The molecule has 166 valence electrons. The van der Waals surface area contributed by atoms with Gasteiger partial charge in [-0.1, -0.05) is 13.3 Å². The zero-order valence-corrected chi connectivity index (χ0v) is 18.8. The van der Waals surface area contributed by atoms with Gasteiger partial charge in [-0.2, -0.15) is 10.2 Å². The lowest BCUT2D eigenvalue weighted by Crippen LogP contribution is -2.38. The average molecular weight is 452 g/mol. The summed E-state index contributed by atoms with van der Waals surface area (Å²) in [7, 11) is 0. The number of fused-ring (bicyclic) bond motifs is 1. The van der Waals surface area contributed by atoms with Gasteiger partial charge in [-0.05, 0) is 50.2 Å². The quantitative estimate of drug-likeness (QED) is 0.602. The van der Waals surface area contributed by atoms with E-state index in [-0.39, 0.29) is 17.5 Å². The van der Waals surface area contributed by atoms with Crippen LogP contribution in [0.4, 0.5) is 11.0 Å². The number of thiazole rings is 1. The van der Waals surface area contributed by atoms with Crippen molar-refractivity contribution in [2.45, 2.75) is 45.4 Å². The van der Waals surface area contributed by atoms with E-state index in [1.165, 1.54) is 24.0 Å². The first-order valence-corrected chi connectivity index (χ1v) is 12.0. The van der Waals surface area contributed by atoms with Gasteiger partial charge in [-0.25, -0.2) is 4.98 Å². The van der Waals surface area contributed by atoms with Crippen molar-refractivity contribution in [1.82, 2.24) is 9.97 Å². The third-order valence-corrected chi connectivity index (χ3v) is 7.48. The Morgan fingerprint density at radius 1 is 1.34 bits per heavy atom. The van der Waals surface area contributed by atoms with Crippen molar-refractivity contribution in [3.05, 3.63) is 34.7 Å². The Morgan fingerprint density at radius 2 is 2.19 bits per heavy atom. The molecule has 9 heteroatoms. The summed E-state index contributed by atoms with van der Waals surface area (Å²) in [5.74, 6) is 1.89. The van der Waals surface area contributed by atoms with E-state index in [9.17, 15) is 10.1 Å². The lowest BCUT2D eigenvalue weighted by atomic mass is 9.89. The summed E-state index contributed by atoms with van der Waals surface area (Å²) in [6, 6.07) is 5.59. The molecule has 0 bridgehead atoms. The fourth-order valence-electron chi connectivity index (χ4n) is 4.50. The average Bonchev–Trinajstić information content (AvgIpc) is 3.57. The summed E-state index contributed by atoms with van der Waals surface area (Å²) in [6.45, 7) is 3.47. The maximum Gasteiger partial charge on any atom is 0.266 e. The molecule has 8 nitrogen and oxygen atoms in total. The number of hydrogen-bond donors (Lipinski definition) is 1. The van der Waals surface area contributed by atoms with E-state index >= 15 is 0 Å². The minimum atomic E-state index is -0.0893. The number of piperidine rings is 1. The van der Waals surface area contributed by atoms with Gasteiger partial charge in [0.1, 0.15) is 6.07 Å². The number of nitriles is 1. The van der Waals surface area contributed by atoms with Crippen LogP contribution in [0.2, 0.25) is 0 Å². The van der Waals surface area contributed by atoms with E-state index in [4.69, 9.17) is 8.83 Å². The Hall–Kier alpha value is -3.12. The summed E-state index contributed by atoms with van der Waals surface area (Å²) in [5.41, 5.74) is 1.39. The highest BCUT2D eigenvalue weighted by Gasteiger charge is 2.30. The molecule has 1 unspecified atom stereocenters. The van der Waals surface area contributed by atoms with Crippen molar-refractivity contribution >= 4 is 28.3 Å². The number of aromatic nitrogens is 2. The number of amides is 1. The van der Waals surface area contributed by atoms with Crippen LogP contribution in [0.25, 0.3) is 11.7 Å². The molecule has 3 aromatic heterocycles. The van der Waals surface area contributed by atoms with Crippen molar-refractivity contribution in [2.75, 3.05) is 23.3 Å². The molecule has 1 fully saturated rings. The molecule has 2 aliphatic rings. The molecule has 0 spiro atoms. The Bertz CT molecular complexity index is 1140. The molecule has 4 heterocycles. The van der Waals surface area contributed by atoms with E-state index in [0.29, 0.717) is 43.5 Å². The molecule has 32 heavy (non-hydrogen) atoms. The van der Waals surface area contributed by atoms with E-state index in [1.54, 1.807) is 23.5 Å². The lowest BCUT2D eigenvalue weighted by Gasteiger charge is -2.30. The number of hydrogen-bond acceptors (Lipinski definition) is 8. The fraction of sp³-hybridized carbons (Fsp3) is 0.478. The number of furan rings is 1. The number of carbonyl (C=O) groups is 1. The number of rotatable bonds is 5. The van der Waals surface area contributed by atoms with Crippen molar-refractivity contribution < 1.29 is 13.6 Å². The second kappa shape index (κ2) is 8.79. The Morgan fingerprint density at radius 3 is 2.91 bits per heavy atom. The molecule has 0 saturated carbocycles. The van der Waals surface area contributed by atoms with Gasteiger partial charge in [0.25, 0.3) is 5.89 Å². The molecule has 0 aromatic carbocycles. The predicted molar refractivity (Wildman–Crippen MR) is 120 cm³/mol. The fourth-order valence-corrected chi connectivity index (χ4v) is 5.63. The third kappa shape index (κ3) is 4.02.